The van der Waals surface area contributed by atoms with Crippen LogP contribution in [0.25, 0.3) is 11.4 Å². The van der Waals surface area contributed by atoms with Crippen LogP contribution in [0.4, 0.5) is 0 Å². The zero-order valence-corrected chi connectivity index (χ0v) is 17.6. The molecule has 4 rings (SSSR count). The normalized spacial score (nSPS) is 17.1. The highest BCUT2D eigenvalue weighted by Crippen LogP contribution is 2.40. The Kier molecular flexibility index (Phi) is 5.48. The van der Waals surface area contributed by atoms with E-state index in [0.29, 0.717) is 5.82 Å². The summed E-state index contributed by atoms with van der Waals surface area (Å²) in [6.45, 7) is 4.42. The lowest BCUT2D eigenvalue weighted by molar-refractivity contribution is -0.121. The van der Waals surface area contributed by atoms with Crippen molar-refractivity contribution in [1.82, 2.24) is 20.3 Å². The topological polar surface area (TPSA) is 77.0 Å². The first kappa shape index (κ1) is 20.0. The number of hydrogen-bond acceptors (Lipinski definition) is 5. The Bertz CT molecular complexity index is 1050. The van der Waals surface area contributed by atoms with Crippen LogP contribution < -0.4 is 10.1 Å². The van der Waals surface area contributed by atoms with Gasteiger partial charge in [-0.1, -0.05) is 32.0 Å². The van der Waals surface area contributed by atoms with Crippen molar-refractivity contribution in [3.8, 4) is 17.1 Å². The number of ether oxygens (including phenoxy) is 1. The lowest BCUT2D eigenvalue weighted by atomic mass is 9.74. The maximum atomic E-state index is 12.8. The second-order valence-electron chi connectivity index (χ2n) is 8.49. The molecule has 2 aromatic heterocycles. The van der Waals surface area contributed by atoms with Gasteiger partial charge in [-0.3, -0.25) is 9.78 Å². The van der Waals surface area contributed by atoms with Crippen LogP contribution in [0.5, 0.6) is 5.75 Å². The average Bonchev–Trinajstić information content (AvgIpc) is 2.73. The molecule has 1 aliphatic carbocycles. The van der Waals surface area contributed by atoms with E-state index in [2.05, 4.69) is 29.1 Å². The van der Waals surface area contributed by atoms with Crippen molar-refractivity contribution < 1.29 is 9.53 Å². The highest BCUT2D eigenvalue weighted by molar-refractivity contribution is 5.80. The standard InChI is InChI=1S/C24H26N4O2/c1-24(2)13-19(27-22(29)12-17-6-4-5-7-21(17)30-3)18-15-26-23(28-20(18)14-24)16-8-10-25-11-9-16/h4-11,15,19H,12-14H2,1-3H3,(H,27,29)/t19-/m1/s1. The number of amides is 1. The number of rotatable bonds is 5. The number of nitrogens with one attached hydrogen (secondary N) is 1. The number of para-hydroxylation sites is 1. The molecule has 1 atom stereocenters. The summed E-state index contributed by atoms with van der Waals surface area (Å²) in [5.74, 6) is 1.38. The minimum Gasteiger partial charge on any atom is -0.496 e. The van der Waals surface area contributed by atoms with E-state index in [9.17, 15) is 4.79 Å². The highest BCUT2D eigenvalue weighted by atomic mass is 16.5. The van der Waals surface area contributed by atoms with Gasteiger partial charge in [0.1, 0.15) is 5.75 Å². The molecule has 6 heteroatoms. The first-order chi connectivity index (χ1) is 14.4. The highest BCUT2D eigenvalue weighted by Gasteiger charge is 2.34. The zero-order chi connectivity index (χ0) is 21.1. The van der Waals surface area contributed by atoms with Gasteiger partial charge in [-0.05, 0) is 36.5 Å². The Hall–Kier alpha value is -3.28. The quantitative estimate of drug-likeness (QED) is 0.700. The first-order valence-corrected chi connectivity index (χ1v) is 10.1. The van der Waals surface area contributed by atoms with E-state index < -0.39 is 0 Å². The van der Waals surface area contributed by atoms with Gasteiger partial charge < -0.3 is 10.1 Å². The molecule has 0 saturated carbocycles. The molecule has 1 amide bonds. The lowest BCUT2D eigenvalue weighted by Crippen LogP contribution is -2.37. The molecule has 3 aromatic rings. The third kappa shape index (κ3) is 4.32. The summed E-state index contributed by atoms with van der Waals surface area (Å²) in [4.78, 5) is 26.3. The van der Waals surface area contributed by atoms with Gasteiger partial charge in [0.2, 0.25) is 5.91 Å². The largest absolute Gasteiger partial charge is 0.496 e. The van der Waals surface area contributed by atoms with Gasteiger partial charge in [-0.2, -0.15) is 0 Å². The molecular weight excluding hydrogens is 376 g/mol. The molecule has 0 radical (unpaired) electrons. The number of aromatic nitrogens is 3. The summed E-state index contributed by atoms with van der Waals surface area (Å²) < 4.78 is 5.38. The van der Waals surface area contributed by atoms with Crippen molar-refractivity contribution in [2.75, 3.05) is 7.11 Å². The van der Waals surface area contributed by atoms with Gasteiger partial charge in [0, 0.05) is 35.3 Å². The summed E-state index contributed by atoms with van der Waals surface area (Å²) in [7, 11) is 1.62. The number of methoxy groups -OCH3 is 1. The van der Waals surface area contributed by atoms with Gasteiger partial charge in [0.15, 0.2) is 5.82 Å². The van der Waals surface area contributed by atoms with Crippen molar-refractivity contribution in [1.29, 1.82) is 0 Å². The number of carbonyl (C=O) groups is 1. The number of hydrogen-bond donors (Lipinski definition) is 1. The number of fused-ring (bicyclic) bond motifs is 1. The molecule has 6 nitrogen and oxygen atoms in total. The van der Waals surface area contributed by atoms with Crippen molar-refractivity contribution in [3.63, 3.8) is 0 Å². The van der Waals surface area contributed by atoms with E-state index >= 15 is 0 Å². The van der Waals surface area contributed by atoms with Crippen molar-refractivity contribution in [2.45, 2.75) is 39.2 Å². The fourth-order valence-electron chi connectivity index (χ4n) is 4.08. The predicted molar refractivity (Wildman–Crippen MR) is 115 cm³/mol. The summed E-state index contributed by atoms with van der Waals surface area (Å²) in [5, 5.41) is 3.21. The molecule has 0 aliphatic heterocycles. The number of pyridine rings is 1. The van der Waals surface area contributed by atoms with Crippen LogP contribution >= 0.6 is 0 Å². The molecule has 0 saturated heterocycles. The lowest BCUT2D eigenvalue weighted by Gasteiger charge is -2.36. The van der Waals surface area contributed by atoms with Crippen LogP contribution in [0.2, 0.25) is 0 Å². The zero-order valence-electron chi connectivity index (χ0n) is 17.6. The van der Waals surface area contributed by atoms with Gasteiger partial charge in [0.05, 0.1) is 25.3 Å². The monoisotopic (exact) mass is 402 g/mol. The average molecular weight is 402 g/mol. The minimum absolute atomic E-state index is 0.0270. The molecule has 1 aromatic carbocycles. The number of benzene rings is 1. The third-order valence-corrected chi connectivity index (χ3v) is 5.50. The van der Waals surface area contributed by atoms with Crippen LogP contribution in [0.3, 0.4) is 0 Å². The molecule has 0 unspecified atom stereocenters. The van der Waals surface area contributed by atoms with Crippen molar-refractivity contribution in [2.24, 2.45) is 5.41 Å². The SMILES string of the molecule is COc1ccccc1CC(=O)N[C@@H]1CC(C)(C)Cc2nc(-c3ccncc3)ncc21. The Labute approximate surface area is 176 Å². The second-order valence-corrected chi connectivity index (χ2v) is 8.49. The van der Waals surface area contributed by atoms with Crippen molar-refractivity contribution >= 4 is 5.91 Å². The summed E-state index contributed by atoms with van der Waals surface area (Å²) in [5.41, 5.74) is 3.83. The maximum Gasteiger partial charge on any atom is 0.225 e. The van der Waals surface area contributed by atoms with Gasteiger partial charge in [-0.25, -0.2) is 9.97 Å². The third-order valence-electron chi connectivity index (χ3n) is 5.50. The van der Waals surface area contributed by atoms with Gasteiger partial charge in [0.25, 0.3) is 0 Å². The van der Waals surface area contributed by atoms with E-state index in [4.69, 9.17) is 9.72 Å². The minimum atomic E-state index is -0.113. The van der Waals surface area contributed by atoms with Crippen LogP contribution in [0.15, 0.2) is 55.0 Å². The van der Waals surface area contributed by atoms with Gasteiger partial charge >= 0.3 is 0 Å². The van der Waals surface area contributed by atoms with E-state index in [1.807, 2.05) is 42.6 Å². The molecular formula is C24H26N4O2. The molecule has 0 fully saturated rings. The molecule has 1 N–H and O–H groups in total. The smallest absolute Gasteiger partial charge is 0.225 e. The molecule has 2 heterocycles. The van der Waals surface area contributed by atoms with Gasteiger partial charge in [-0.15, -0.1) is 0 Å². The Morgan fingerprint density at radius 1 is 1.20 bits per heavy atom. The van der Waals surface area contributed by atoms with E-state index in [-0.39, 0.29) is 23.8 Å². The molecule has 0 spiro atoms. The summed E-state index contributed by atoms with van der Waals surface area (Å²) >= 11 is 0. The number of carbonyl (C=O) groups excluding carboxylic acids is 1. The van der Waals surface area contributed by atoms with Crippen molar-refractivity contribution in [3.05, 3.63) is 71.8 Å². The maximum absolute atomic E-state index is 12.8. The second kappa shape index (κ2) is 8.22. The molecule has 154 valence electrons. The van der Waals surface area contributed by atoms with Crippen LogP contribution in [0.1, 0.15) is 43.1 Å². The molecule has 30 heavy (non-hydrogen) atoms. The van der Waals surface area contributed by atoms with E-state index in [1.54, 1.807) is 19.5 Å². The molecule has 1 aliphatic rings. The first-order valence-electron chi connectivity index (χ1n) is 10.1. The predicted octanol–water partition coefficient (Wildman–Crippen LogP) is 3.92. The Balaban J connectivity index is 1.58. The summed E-state index contributed by atoms with van der Waals surface area (Å²) in [6, 6.07) is 11.3. The summed E-state index contributed by atoms with van der Waals surface area (Å²) in [6.07, 6.45) is 7.30. The van der Waals surface area contributed by atoms with Crippen LogP contribution in [-0.2, 0) is 17.6 Å². The van der Waals surface area contributed by atoms with Crippen LogP contribution in [-0.4, -0.2) is 28.0 Å². The van der Waals surface area contributed by atoms with E-state index in [0.717, 1.165) is 41.0 Å². The fourth-order valence-corrected chi connectivity index (χ4v) is 4.08. The molecule has 0 bridgehead atoms. The Morgan fingerprint density at radius 2 is 1.97 bits per heavy atom. The number of nitrogens with zero attached hydrogens (tertiary/aromatic N) is 3. The van der Waals surface area contributed by atoms with E-state index in [1.165, 1.54) is 0 Å². The fraction of sp³-hybridized carbons (Fsp3) is 0.333. The Morgan fingerprint density at radius 3 is 2.73 bits per heavy atom. The van der Waals surface area contributed by atoms with Crippen LogP contribution in [0, 0.1) is 5.41 Å².